The maximum Gasteiger partial charge on any atom is 2.00 e. The summed E-state index contributed by atoms with van der Waals surface area (Å²) < 4.78 is 0. The number of aliphatic hydroxyl groups is 1. The van der Waals surface area contributed by atoms with Gasteiger partial charge in [-0.1, -0.05) is 0 Å². The topological polar surface area (TPSA) is 410 Å². The van der Waals surface area contributed by atoms with Gasteiger partial charge in [-0.15, -0.1) is 0 Å². The largest absolute Gasteiger partial charge is 2.00 e. The van der Waals surface area contributed by atoms with Crippen LogP contribution in [0.2, 0.25) is 0 Å². The average molecular weight is 722 g/mol. The van der Waals surface area contributed by atoms with Gasteiger partial charge in [-0.05, 0) is 32.3 Å². The van der Waals surface area contributed by atoms with Crippen molar-refractivity contribution in [3.8, 4) is 0 Å². The molecule has 0 aromatic rings. The van der Waals surface area contributed by atoms with Crippen LogP contribution in [0.4, 0.5) is 14.4 Å². The van der Waals surface area contributed by atoms with Crippen molar-refractivity contribution < 1.29 is 247 Å². The minimum absolute atomic E-state index is 0. The smallest absolute Gasteiger partial charge is 0.652 e. The Balaban J connectivity index is -0.0000000188. The van der Waals surface area contributed by atoms with Crippen LogP contribution in [0.1, 0.15) is 26.7 Å². The van der Waals surface area contributed by atoms with Crippen molar-refractivity contribution in [3.05, 3.63) is 0 Å². The molecule has 0 aliphatic heterocycles. The Hall–Kier alpha value is 3.90. The van der Waals surface area contributed by atoms with Gasteiger partial charge in [0.05, 0.1) is 5.97 Å². The third-order valence-corrected chi connectivity index (χ3v) is 1.25. The maximum absolute atomic E-state index is 10.1. The van der Waals surface area contributed by atoms with Gasteiger partial charge < -0.3 is 99.6 Å². The van der Waals surface area contributed by atoms with Gasteiger partial charge in [-0.3, -0.25) is 0 Å². The fourth-order valence-electron chi connectivity index (χ4n) is 0.684. The molecule has 0 saturated heterocycles. The average Bonchev–Trinajstić information content (AvgIpc) is 2.41. The van der Waals surface area contributed by atoms with Crippen LogP contribution in [0, 0.1) is 0 Å². The molecule has 0 heterocycles. The summed E-state index contributed by atoms with van der Waals surface area (Å²) in [5, 5.41) is 107. The molecule has 41 heavy (non-hydrogen) atoms. The molecule has 0 rings (SSSR count). The van der Waals surface area contributed by atoms with Crippen LogP contribution >= 0.6 is 0 Å². The molecule has 1 N–H and O–H groups in total. The van der Waals surface area contributed by atoms with Crippen LogP contribution in [0.15, 0.2) is 0 Å². The molecule has 0 fully saturated rings. The molecule has 0 aliphatic carbocycles. The molecule has 0 aliphatic rings. The van der Waals surface area contributed by atoms with Gasteiger partial charge in [-0.25, -0.2) is 0 Å². The summed E-state index contributed by atoms with van der Waals surface area (Å²) in [5.41, 5.74) is -2.97. The van der Waals surface area contributed by atoms with Crippen LogP contribution in [-0.2, 0) is 24.0 Å². The van der Waals surface area contributed by atoms with Gasteiger partial charge in [-0.2, -0.15) is 0 Å². The van der Waals surface area contributed by atoms with E-state index < -0.39 is 66.8 Å². The Labute approximate surface area is 431 Å². The number of aliphatic carboxylic acids is 5. The summed E-state index contributed by atoms with van der Waals surface area (Å²) in [6.45, 7) is 1.94. The van der Waals surface area contributed by atoms with Crippen molar-refractivity contribution >= 4 is 162 Å². The fraction of sp³-hybridized carbons (Fsp3) is 0.385. The van der Waals surface area contributed by atoms with E-state index in [9.17, 15) is 29.7 Å². The van der Waals surface area contributed by atoms with E-state index in [0.717, 1.165) is 13.8 Å². The van der Waals surface area contributed by atoms with Crippen LogP contribution in [0.5, 0.6) is 0 Å². The van der Waals surface area contributed by atoms with Crippen LogP contribution in [-0.4, -0.2) is 172 Å². The second-order valence-corrected chi connectivity index (χ2v) is 4.15. The molecule has 20 nitrogen and oxygen atoms in total. The van der Waals surface area contributed by atoms with E-state index in [2.05, 4.69) is 0 Å². The molecule has 28 heteroatoms. The molecule has 194 valence electrons. The first-order valence-corrected chi connectivity index (χ1v) is 6.77. The Kier molecular flexibility index (Phi) is 139. The van der Waals surface area contributed by atoms with E-state index in [-0.39, 0.29) is 261 Å². The second kappa shape index (κ2) is 62.7. The predicted molar refractivity (Wildman–Crippen MR) is 84.0 cm³/mol. The molecule has 0 atom stereocenters. The summed E-state index contributed by atoms with van der Waals surface area (Å²) in [7, 11) is 0. The van der Waals surface area contributed by atoms with Gasteiger partial charge in [0, 0.05) is 36.7 Å². The molecule has 0 saturated carbocycles. The first-order chi connectivity index (χ1) is 14.4. The molecule has 0 aromatic heterocycles. The predicted octanol–water partition coefficient (Wildman–Crippen LogP) is -31.2. The van der Waals surface area contributed by atoms with Gasteiger partial charge >= 0.3 is 261 Å². The van der Waals surface area contributed by atoms with Gasteiger partial charge in [0.25, 0.3) is 0 Å². The number of carbonyl (C=O) groups excluding carboxylic acids is 8. The third-order valence-electron chi connectivity index (χ3n) is 1.25. The van der Waals surface area contributed by atoms with E-state index in [0.29, 0.717) is 0 Å². The molecule has 0 amide bonds. The molecule has 0 radical (unpaired) electrons. The minimum atomic E-state index is -2.97. The van der Waals surface area contributed by atoms with Gasteiger partial charge in [0.2, 0.25) is 0 Å². The van der Waals surface area contributed by atoms with E-state index in [1.807, 2.05) is 0 Å². The monoisotopic (exact) mass is 722 g/mol. The molecule has 0 aromatic carbocycles. The number of carbonyl (C=O) groups is 8. The Morgan fingerprint density at radius 1 is 0.463 bits per heavy atom. The second-order valence-electron chi connectivity index (χ2n) is 4.15. The summed E-state index contributed by atoms with van der Waals surface area (Å²) in [4.78, 5) is 72.8. The van der Waals surface area contributed by atoms with Crippen molar-refractivity contribution in [2.24, 2.45) is 0 Å². The first-order valence-electron chi connectivity index (χ1n) is 6.77. The summed E-state index contributed by atoms with van der Waals surface area (Å²) >= 11 is 0. The quantitative estimate of drug-likeness (QED) is 0.257. The Bertz CT molecular complexity index is 580. The molecular weight excluding hydrogens is 711 g/mol. The zero-order chi connectivity index (χ0) is 28.5. The summed E-state index contributed by atoms with van der Waals surface area (Å²) in [5.74, 6) is -8.15. The van der Waals surface area contributed by atoms with Gasteiger partial charge in [0.15, 0.2) is 0 Å². The summed E-state index contributed by atoms with van der Waals surface area (Å²) in [6.07, 6.45) is -9.72. The molecular formula is C13H11Ca3Na5O20. The van der Waals surface area contributed by atoms with E-state index in [1.165, 1.54) is 0 Å². The van der Waals surface area contributed by atoms with E-state index >= 15 is 0 Å². The van der Waals surface area contributed by atoms with Crippen LogP contribution < -0.4 is 204 Å². The van der Waals surface area contributed by atoms with Crippen molar-refractivity contribution in [1.82, 2.24) is 0 Å². The maximum atomic E-state index is 10.1. The van der Waals surface area contributed by atoms with E-state index in [1.54, 1.807) is 0 Å². The standard InChI is InChI=1S/C6H8O7.2C2H4O2.3CH2O3.3Ca.5Na/c7-3(8)1-6(13,5(11)12)2-4(9)10;2*1-2(3)4;3*2-1(3)4;;;;;;;;/h13H,1-2H2,(H,7,8)(H,9,10)(H,11,12);2*1H3,(H,3,4);3*(H2,2,3,4);;;;;;;;/q;;;;;;3*+2;5*+1/p-11. The van der Waals surface area contributed by atoms with Crippen LogP contribution in [0.3, 0.4) is 0 Å². The SMILES string of the molecule is CC(=O)[O-].CC(=O)[O-].O=C([O-])CC(O)(CC(=O)[O-])C(=O)[O-].O=C([O-])[O-].O=C([O-])[O-].O=C([O-])[O-].[Ca+2].[Ca+2].[Ca+2].[Na+].[Na+].[Na+].[Na+].[Na+]. The molecule has 0 bridgehead atoms. The number of rotatable bonds is 5. The number of carboxylic acid groups (broad SMARTS) is 11. The fourth-order valence-corrected chi connectivity index (χ4v) is 0.684. The zero-order valence-corrected chi connectivity index (χ0v) is 39.9. The number of hydrogen-bond acceptors (Lipinski definition) is 20. The molecule has 0 spiro atoms. The van der Waals surface area contributed by atoms with Crippen LogP contribution in [0.25, 0.3) is 0 Å². The van der Waals surface area contributed by atoms with Gasteiger partial charge in [0.1, 0.15) is 5.60 Å². The van der Waals surface area contributed by atoms with E-state index in [4.69, 9.17) is 69.9 Å². The first kappa shape index (κ1) is 90.6. The number of hydrogen-bond donors (Lipinski definition) is 1. The van der Waals surface area contributed by atoms with Crippen molar-refractivity contribution in [2.75, 3.05) is 0 Å². The number of carboxylic acids is 5. The Morgan fingerprint density at radius 3 is 0.610 bits per heavy atom. The zero-order valence-electron chi connectivity index (χ0n) is 23.2. The normalized spacial score (nSPS) is 6.41. The molecule has 0 unspecified atom stereocenters. The minimum Gasteiger partial charge on any atom is -0.652 e. The van der Waals surface area contributed by atoms with Crippen molar-refractivity contribution in [2.45, 2.75) is 32.3 Å². The summed E-state index contributed by atoms with van der Waals surface area (Å²) in [6, 6.07) is 0. The Morgan fingerprint density at radius 2 is 0.561 bits per heavy atom. The third kappa shape index (κ3) is 195. The van der Waals surface area contributed by atoms with Crippen molar-refractivity contribution in [3.63, 3.8) is 0 Å². The van der Waals surface area contributed by atoms with Crippen molar-refractivity contribution in [1.29, 1.82) is 0 Å².